The lowest BCUT2D eigenvalue weighted by molar-refractivity contribution is -0.151. The monoisotopic (exact) mass is 338 g/mol. The summed E-state index contributed by atoms with van der Waals surface area (Å²) in [6.45, 7) is 1.06. The van der Waals surface area contributed by atoms with Crippen LogP contribution in [0, 0.1) is 16.7 Å². The maximum atomic E-state index is 11.3. The van der Waals surface area contributed by atoms with Gasteiger partial charge in [0.05, 0.1) is 23.7 Å². The second-order valence-corrected chi connectivity index (χ2v) is 6.58. The Morgan fingerprint density at radius 2 is 1.92 bits per heavy atom. The van der Waals surface area contributed by atoms with E-state index in [1.54, 1.807) is 6.07 Å². The number of aliphatic hydroxyl groups excluding tert-OH is 1. The van der Waals surface area contributed by atoms with Gasteiger partial charge >= 0.3 is 5.97 Å². The standard InChI is InChI=1S/C20H22N2O3/c1-20(13-23,19(24)25)11-18(22)10-14-5-7-16(8-6-14)17-4-2-3-15(9-17)12-21/h2-9,18,23H,10-11,13,22H2,1H3,(H,24,25)/t18-,20?/m1/s1. The molecule has 0 heterocycles. The number of carboxylic acids is 1. The molecule has 0 aliphatic rings. The summed E-state index contributed by atoms with van der Waals surface area (Å²) in [5, 5.41) is 27.5. The zero-order valence-corrected chi connectivity index (χ0v) is 14.1. The molecule has 2 aromatic carbocycles. The van der Waals surface area contributed by atoms with Crippen LogP contribution in [-0.4, -0.2) is 28.8 Å². The van der Waals surface area contributed by atoms with Crippen LogP contribution in [0.15, 0.2) is 48.5 Å². The number of hydrogen-bond acceptors (Lipinski definition) is 4. The highest BCUT2D eigenvalue weighted by atomic mass is 16.4. The summed E-state index contributed by atoms with van der Waals surface area (Å²) in [6.07, 6.45) is 0.728. The Balaban J connectivity index is 2.07. The van der Waals surface area contributed by atoms with Crippen LogP contribution in [0.25, 0.3) is 11.1 Å². The Kier molecular flexibility index (Phi) is 5.92. The number of hydrogen-bond donors (Lipinski definition) is 3. The van der Waals surface area contributed by atoms with Crippen molar-refractivity contribution in [3.8, 4) is 17.2 Å². The van der Waals surface area contributed by atoms with Crippen molar-refractivity contribution in [2.24, 2.45) is 11.1 Å². The normalized spacial score (nSPS) is 14.3. The predicted octanol–water partition coefficient (Wildman–Crippen LogP) is 2.57. The SMILES string of the molecule is CC(CO)(C[C@H](N)Cc1ccc(-c2cccc(C#N)c2)cc1)C(=O)O. The molecule has 130 valence electrons. The Bertz CT molecular complexity index is 780. The zero-order chi connectivity index (χ0) is 18.4. The molecule has 0 aromatic heterocycles. The van der Waals surface area contributed by atoms with Crippen molar-refractivity contribution in [1.82, 2.24) is 0 Å². The van der Waals surface area contributed by atoms with E-state index in [0.29, 0.717) is 12.0 Å². The van der Waals surface area contributed by atoms with Gasteiger partial charge in [-0.3, -0.25) is 4.79 Å². The molecule has 25 heavy (non-hydrogen) atoms. The highest BCUT2D eigenvalue weighted by molar-refractivity contribution is 5.74. The molecule has 0 spiro atoms. The van der Waals surface area contributed by atoms with E-state index in [-0.39, 0.29) is 12.5 Å². The molecule has 0 amide bonds. The van der Waals surface area contributed by atoms with Gasteiger partial charge in [-0.2, -0.15) is 5.26 Å². The molecule has 0 aliphatic carbocycles. The molecular weight excluding hydrogens is 316 g/mol. The topological polar surface area (TPSA) is 107 Å². The molecule has 4 N–H and O–H groups in total. The third-order valence-corrected chi connectivity index (χ3v) is 4.35. The van der Waals surface area contributed by atoms with E-state index in [1.165, 1.54) is 6.92 Å². The summed E-state index contributed by atoms with van der Waals surface area (Å²) in [4.78, 5) is 11.3. The largest absolute Gasteiger partial charge is 0.481 e. The molecule has 0 aliphatic heterocycles. The summed E-state index contributed by atoms with van der Waals surface area (Å²) in [7, 11) is 0. The first-order valence-electron chi connectivity index (χ1n) is 8.07. The minimum Gasteiger partial charge on any atom is -0.481 e. The second-order valence-electron chi connectivity index (χ2n) is 6.58. The third kappa shape index (κ3) is 4.66. The summed E-state index contributed by atoms with van der Waals surface area (Å²) >= 11 is 0. The average molecular weight is 338 g/mol. The molecule has 0 saturated carbocycles. The highest BCUT2D eigenvalue weighted by Gasteiger charge is 2.34. The van der Waals surface area contributed by atoms with Crippen LogP contribution in [0.4, 0.5) is 0 Å². The molecular formula is C20H22N2O3. The van der Waals surface area contributed by atoms with Crippen LogP contribution in [0.1, 0.15) is 24.5 Å². The van der Waals surface area contributed by atoms with Gasteiger partial charge in [0.25, 0.3) is 0 Å². The van der Waals surface area contributed by atoms with E-state index in [9.17, 15) is 15.0 Å². The maximum Gasteiger partial charge on any atom is 0.311 e. The fraction of sp³-hybridized carbons (Fsp3) is 0.300. The second kappa shape index (κ2) is 7.93. The van der Waals surface area contributed by atoms with E-state index >= 15 is 0 Å². The fourth-order valence-electron chi connectivity index (χ4n) is 2.77. The summed E-state index contributed by atoms with van der Waals surface area (Å²) < 4.78 is 0. The first kappa shape index (κ1) is 18.7. The summed E-state index contributed by atoms with van der Waals surface area (Å²) in [6, 6.07) is 17.0. The van der Waals surface area contributed by atoms with Crippen molar-refractivity contribution < 1.29 is 15.0 Å². The Morgan fingerprint density at radius 1 is 1.24 bits per heavy atom. The molecule has 5 nitrogen and oxygen atoms in total. The number of aliphatic hydroxyl groups is 1. The fourth-order valence-corrected chi connectivity index (χ4v) is 2.77. The molecule has 2 aromatic rings. The molecule has 2 atom stereocenters. The van der Waals surface area contributed by atoms with Crippen molar-refractivity contribution in [2.75, 3.05) is 6.61 Å². The number of benzene rings is 2. The summed E-state index contributed by atoms with van der Waals surface area (Å²) in [5.74, 6) is -1.04. The van der Waals surface area contributed by atoms with Crippen molar-refractivity contribution in [3.05, 3.63) is 59.7 Å². The van der Waals surface area contributed by atoms with Crippen molar-refractivity contribution in [1.29, 1.82) is 5.26 Å². The smallest absolute Gasteiger partial charge is 0.311 e. The van der Waals surface area contributed by atoms with E-state index in [2.05, 4.69) is 6.07 Å². The quantitative estimate of drug-likeness (QED) is 0.719. The van der Waals surface area contributed by atoms with Gasteiger partial charge in [-0.15, -0.1) is 0 Å². The minimum absolute atomic E-state index is 0.199. The van der Waals surface area contributed by atoms with Gasteiger partial charge in [-0.1, -0.05) is 36.4 Å². The van der Waals surface area contributed by atoms with E-state index in [4.69, 9.17) is 11.0 Å². The van der Waals surface area contributed by atoms with Gasteiger partial charge in [-0.25, -0.2) is 0 Å². The lowest BCUT2D eigenvalue weighted by Crippen LogP contribution is -2.39. The van der Waals surface area contributed by atoms with Crippen LogP contribution in [0.5, 0.6) is 0 Å². The first-order chi connectivity index (χ1) is 11.9. The Hall–Kier alpha value is -2.68. The molecule has 0 bridgehead atoms. The molecule has 0 fully saturated rings. The van der Waals surface area contributed by atoms with Crippen molar-refractivity contribution in [3.63, 3.8) is 0 Å². The van der Waals surface area contributed by atoms with Crippen molar-refractivity contribution >= 4 is 5.97 Å². The Labute approximate surface area is 147 Å². The summed E-state index contributed by atoms with van der Waals surface area (Å²) in [5.41, 5.74) is 8.43. The molecule has 0 saturated heterocycles. The average Bonchev–Trinajstić information content (AvgIpc) is 2.62. The highest BCUT2D eigenvalue weighted by Crippen LogP contribution is 2.25. The van der Waals surface area contributed by atoms with Crippen LogP contribution in [0.2, 0.25) is 0 Å². The molecule has 5 heteroatoms. The molecule has 2 rings (SSSR count). The lowest BCUT2D eigenvalue weighted by Gasteiger charge is -2.25. The van der Waals surface area contributed by atoms with E-state index in [1.807, 2.05) is 42.5 Å². The van der Waals surface area contributed by atoms with Gasteiger partial charge in [0.2, 0.25) is 0 Å². The van der Waals surface area contributed by atoms with Crippen LogP contribution in [0.3, 0.4) is 0 Å². The number of aliphatic carboxylic acids is 1. The number of nitrogens with zero attached hydrogens (tertiary/aromatic N) is 1. The van der Waals surface area contributed by atoms with Gasteiger partial charge in [0, 0.05) is 6.04 Å². The maximum absolute atomic E-state index is 11.3. The van der Waals surface area contributed by atoms with Gasteiger partial charge in [0.1, 0.15) is 0 Å². The van der Waals surface area contributed by atoms with Crippen LogP contribution >= 0.6 is 0 Å². The first-order valence-corrected chi connectivity index (χ1v) is 8.07. The predicted molar refractivity (Wildman–Crippen MR) is 95.7 cm³/mol. The third-order valence-electron chi connectivity index (χ3n) is 4.35. The van der Waals surface area contributed by atoms with Crippen molar-refractivity contribution in [2.45, 2.75) is 25.8 Å². The number of nitrogens with two attached hydrogens (primary N) is 1. The van der Waals surface area contributed by atoms with Gasteiger partial charge < -0.3 is 15.9 Å². The lowest BCUT2D eigenvalue weighted by atomic mass is 9.83. The minimum atomic E-state index is -1.23. The number of carboxylic acid groups (broad SMARTS) is 1. The van der Waals surface area contributed by atoms with Gasteiger partial charge in [-0.05, 0) is 48.6 Å². The Morgan fingerprint density at radius 3 is 2.48 bits per heavy atom. The zero-order valence-electron chi connectivity index (χ0n) is 14.1. The molecule has 1 unspecified atom stereocenters. The van der Waals surface area contributed by atoms with Gasteiger partial charge in [0.15, 0.2) is 0 Å². The van der Waals surface area contributed by atoms with E-state index in [0.717, 1.165) is 16.7 Å². The van der Waals surface area contributed by atoms with Crippen LogP contribution < -0.4 is 5.73 Å². The number of carbonyl (C=O) groups is 1. The molecule has 0 radical (unpaired) electrons. The number of nitriles is 1. The number of rotatable bonds is 7. The van der Waals surface area contributed by atoms with Crippen LogP contribution in [-0.2, 0) is 11.2 Å². The van der Waals surface area contributed by atoms with E-state index < -0.39 is 18.0 Å².